The number of amides is 2. The summed E-state index contributed by atoms with van der Waals surface area (Å²) in [5.74, 6) is -1.58. The molecule has 0 aromatic carbocycles. The molecule has 2 atom stereocenters. The maximum Gasteiger partial charge on any atom is 0.249 e. The second kappa shape index (κ2) is 4.68. The monoisotopic (exact) mass is 176 g/mol. The number of carbonyl (C=O) groups is 2. The Morgan fingerprint density at radius 2 is 1.25 bits per heavy atom. The van der Waals surface area contributed by atoms with Gasteiger partial charge in [-0.25, -0.2) is 0 Å². The third kappa shape index (κ3) is 2.48. The molecule has 0 bridgehead atoms. The van der Waals surface area contributed by atoms with Gasteiger partial charge in [-0.1, -0.05) is 0 Å². The summed E-state index contributed by atoms with van der Waals surface area (Å²) in [6.45, 7) is 0. The Morgan fingerprint density at radius 1 is 1.00 bits per heavy atom. The zero-order valence-corrected chi connectivity index (χ0v) is 6.94. The highest BCUT2D eigenvalue weighted by Crippen LogP contribution is 2.00. The van der Waals surface area contributed by atoms with E-state index in [4.69, 9.17) is 11.5 Å². The molecule has 0 aromatic rings. The van der Waals surface area contributed by atoms with E-state index in [1.54, 1.807) is 0 Å². The first-order valence-corrected chi connectivity index (χ1v) is 3.18. The maximum atomic E-state index is 10.6. The molecular weight excluding hydrogens is 164 g/mol. The molecular formula is C6H12N2O4. The van der Waals surface area contributed by atoms with Crippen LogP contribution in [-0.4, -0.2) is 38.2 Å². The van der Waals surface area contributed by atoms with E-state index >= 15 is 0 Å². The van der Waals surface area contributed by atoms with Crippen molar-refractivity contribution in [3.8, 4) is 0 Å². The number of hydrogen-bond acceptors (Lipinski definition) is 4. The average molecular weight is 176 g/mol. The highest BCUT2D eigenvalue weighted by Gasteiger charge is 2.30. The van der Waals surface area contributed by atoms with Crippen LogP contribution >= 0.6 is 0 Å². The number of primary amides is 2. The summed E-state index contributed by atoms with van der Waals surface area (Å²) < 4.78 is 9.25. The van der Waals surface area contributed by atoms with Crippen LogP contribution in [-0.2, 0) is 19.1 Å². The van der Waals surface area contributed by atoms with Crippen LogP contribution in [0.3, 0.4) is 0 Å². The molecule has 0 spiro atoms. The molecule has 0 saturated carbocycles. The van der Waals surface area contributed by atoms with Crippen LogP contribution in [0.2, 0.25) is 0 Å². The fourth-order valence-corrected chi connectivity index (χ4v) is 0.778. The van der Waals surface area contributed by atoms with E-state index in [-0.39, 0.29) is 0 Å². The number of hydrogen-bond donors (Lipinski definition) is 2. The van der Waals surface area contributed by atoms with E-state index in [9.17, 15) is 9.59 Å². The van der Waals surface area contributed by atoms with Crippen molar-refractivity contribution in [2.24, 2.45) is 11.5 Å². The minimum absolute atomic E-state index is 0.789. The molecule has 70 valence electrons. The number of methoxy groups -OCH3 is 2. The third-order valence-corrected chi connectivity index (χ3v) is 1.34. The van der Waals surface area contributed by atoms with Crippen LogP contribution in [0, 0.1) is 0 Å². The quantitative estimate of drug-likeness (QED) is 0.504. The summed E-state index contributed by atoms with van der Waals surface area (Å²) in [6, 6.07) is 0. The summed E-state index contributed by atoms with van der Waals surface area (Å²) in [6.07, 6.45) is -2.26. The average Bonchev–Trinajstić information content (AvgIpc) is 1.98. The van der Waals surface area contributed by atoms with Gasteiger partial charge in [0.2, 0.25) is 11.8 Å². The summed E-state index contributed by atoms with van der Waals surface area (Å²) in [4.78, 5) is 21.3. The number of rotatable bonds is 5. The molecule has 0 radical (unpaired) electrons. The van der Waals surface area contributed by atoms with Crippen LogP contribution in [0.1, 0.15) is 0 Å². The van der Waals surface area contributed by atoms with Gasteiger partial charge >= 0.3 is 0 Å². The van der Waals surface area contributed by atoms with Crippen LogP contribution in [0.4, 0.5) is 0 Å². The first-order valence-electron chi connectivity index (χ1n) is 3.18. The van der Waals surface area contributed by atoms with Crippen molar-refractivity contribution >= 4 is 11.8 Å². The summed E-state index contributed by atoms with van der Waals surface area (Å²) in [7, 11) is 2.48. The fourth-order valence-electron chi connectivity index (χ4n) is 0.778. The van der Waals surface area contributed by atoms with Crippen molar-refractivity contribution < 1.29 is 19.1 Å². The van der Waals surface area contributed by atoms with Gasteiger partial charge in [0.25, 0.3) is 0 Å². The standard InChI is InChI=1S/C6H12N2O4/c1-11-3(5(7)9)4(12-2)6(8)10/h3-4H,1-2H3,(H2,7,9)(H2,8,10)/t3-,4+. The molecule has 0 aromatic heterocycles. The van der Waals surface area contributed by atoms with Gasteiger partial charge in [-0.2, -0.15) is 0 Å². The first kappa shape index (κ1) is 10.9. The molecule has 0 unspecified atom stereocenters. The van der Waals surface area contributed by atoms with Crippen molar-refractivity contribution in [2.75, 3.05) is 14.2 Å². The van der Waals surface area contributed by atoms with Crippen molar-refractivity contribution in [3.05, 3.63) is 0 Å². The number of nitrogens with two attached hydrogens (primary N) is 2. The van der Waals surface area contributed by atoms with Crippen LogP contribution in [0.5, 0.6) is 0 Å². The Kier molecular flexibility index (Phi) is 4.24. The molecule has 0 aliphatic rings. The van der Waals surface area contributed by atoms with E-state index in [2.05, 4.69) is 9.47 Å². The zero-order valence-electron chi connectivity index (χ0n) is 6.94. The summed E-state index contributed by atoms with van der Waals surface area (Å²) in [5.41, 5.74) is 9.82. The van der Waals surface area contributed by atoms with Gasteiger partial charge in [0.15, 0.2) is 12.2 Å². The van der Waals surface area contributed by atoms with Gasteiger partial charge in [0.05, 0.1) is 0 Å². The lowest BCUT2D eigenvalue weighted by Crippen LogP contribution is -2.48. The van der Waals surface area contributed by atoms with E-state index < -0.39 is 24.0 Å². The highest BCUT2D eigenvalue weighted by atomic mass is 16.5. The van der Waals surface area contributed by atoms with Crippen LogP contribution < -0.4 is 11.5 Å². The Balaban J connectivity index is 4.44. The Labute approximate surface area is 69.8 Å². The first-order chi connectivity index (χ1) is 5.54. The second-order valence-electron chi connectivity index (χ2n) is 2.12. The minimum atomic E-state index is -1.13. The van der Waals surface area contributed by atoms with E-state index in [0.29, 0.717) is 0 Å². The Morgan fingerprint density at radius 3 is 1.33 bits per heavy atom. The van der Waals surface area contributed by atoms with E-state index in [1.807, 2.05) is 0 Å². The van der Waals surface area contributed by atoms with Crippen molar-refractivity contribution in [1.82, 2.24) is 0 Å². The molecule has 12 heavy (non-hydrogen) atoms. The van der Waals surface area contributed by atoms with Gasteiger partial charge in [-0.15, -0.1) is 0 Å². The molecule has 0 rings (SSSR count). The lowest BCUT2D eigenvalue weighted by atomic mass is 10.2. The normalized spacial score (nSPS) is 15.2. The molecule has 2 amide bonds. The predicted molar refractivity (Wildman–Crippen MR) is 40.0 cm³/mol. The Hall–Kier alpha value is -1.14. The zero-order chi connectivity index (χ0) is 9.72. The van der Waals surface area contributed by atoms with Crippen LogP contribution in [0.25, 0.3) is 0 Å². The third-order valence-electron chi connectivity index (χ3n) is 1.34. The van der Waals surface area contributed by atoms with Crippen LogP contribution in [0.15, 0.2) is 0 Å². The minimum Gasteiger partial charge on any atom is -0.368 e. The number of ether oxygens (including phenoxy) is 2. The molecule has 0 fully saturated rings. The largest absolute Gasteiger partial charge is 0.368 e. The highest BCUT2D eigenvalue weighted by molar-refractivity contribution is 5.89. The maximum absolute atomic E-state index is 10.6. The summed E-state index contributed by atoms with van der Waals surface area (Å²) in [5, 5.41) is 0. The van der Waals surface area contributed by atoms with Gasteiger partial charge in [-0.05, 0) is 0 Å². The molecule has 4 N–H and O–H groups in total. The van der Waals surface area contributed by atoms with Gasteiger partial charge in [-0.3, -0.25) is 9.59 Å². The molecule has 6 nitrogen and oxygen atoms in total. The molecule has 0 heterocycles. The molecule has 0 aliphatic carbocycles. The molecule has 0 aliphatic heterocycles. The molecule has 6 heteroatoms. The fraction of sp³-hybridized carbons (Fsp3) is 0.667. The van der Waals surface area contributed by atoms with Crippen molar-refractivity contribution in [2.45, 2.75) is 12.2 Å². The topological polar surface area (TPSA) is 105 Å². The van der Waals surface area contributed by atoms with Gasteiger partial charge < -0.3 is 20.9 Å². The lowest BCUT2D eigenvalue weighted by Gasteiger charge is -2.18. The van der Waals surface area contributed by atoms with Crippen molar-refractivity contribution in [3.63, 3.8) is 0 Å². The van der Waals surface area contributed by atoms with E-state index in [0.717, 1.165) is 0 Å². The van der Waals surface area contributed by atoms with Crippen molar-refractivity contribution in [1.29, 1.82) is 0 Å². The lowest BCUT2D eigenvalue weighted by molar-refractivity contribution is -0.147. The van der Waals surface area contributed by atoms with Gasteiger partial charge in [0, 0.05) is 14.2 Å². The SMILES string of the molecule is CO[C@H](C(N)=O)[C@@H](OC)C(N)=O. The van der Waals surface area contributed by atoms with E-state index in [1.165, 1.54) is 14.2 Å². The predicted octanol–water partition coefficient (Wildman–Crippen LogP) is -2.01. The summed E-state index contributed by atoms with van der Waals surface area (Å²) >= 11 is 0. The smallest absolute Gasteiger partial charge is 0.249 e. The molecule has 0 saturated heterocycles. The van der Waals surface area contributed by atoms with Gasteiger partial charge in [0.1, 0.15) is 0 Å². The second-order valence-corrected chi connectivity index (χ2v) is 2.12. The number of carbonyl (C=O) groups excluding carboxylic acids is 2. The Bertz CT molecular complexity index is 162.